The third kappa shape index (κ3) is 5.63. The first kappa shape index (κ1) is 23.2. The van der Waals surface area contributed by atoms with Gasteiger partial charge >= 0.3 is 5.97 Å². The number of carbonyl (C=O) groups excluding carboxylic acids is 1. The maximum atomic E-state index is 12.6. The number of hydrogen-bond donors (Lipinski definition) is 3. The maximum absolute atomic E-state index is 12.6. The van der Waals surface area contributed by atoms with Gasteiger partial charge in [-0.15, -0.1) is 11.3 Å². The van der Waals surface area contributed by atoms with Gasteiger partial charge < -0.3 is 20.6 Å². The molecule has 0 radical (unpaired) electrons. The van der Waals surface area contributed by atoms with Crippen molar-refractivity contribution in [1.29, 1.82) is 5.26 Å². The molecule has 0 bridgehead atoms. The third-order valence-corrected chi connectivity index (χ3v) is 6.26. The lowest BCUT2D eigenvalue weighted by molar-refractivity contribution is -0.130. The Morgan fingerprint density at radius 2 is 2.00 bits per heavy atom. The highest BCUT2D eigenvalue weighted by Crippen LogP contribution is 2.15. The molecule has 10 heteroatoms. The van der Waals surface area contributed by atoms with Crippen molar-refractivity contribution in [2.24, 2.45) is 0 Å². The number of nitrogens with zero attached hydrogens (tertiary/aromatic N) is 3. The normalized spacial score (nSPS) is 15.3. The first-order valence-electron chi connectivity index (χ1n) is 10.4. The second-order valence-electron chi connectivity index (χ2n) is 7.33. The van der Waals surface area contributed by atoms with Crippen LogP contribution in [-0.4, -0.2) is 46.1 Å². The van der Waals surface area contributed by atoms with E-state index in [4.69, 9.17) is 5.26 Å². The summed E-state index contributed by atoms with van der Waals surface area (Å²) in [6.07, 6.45) is 4.29. The van der Waals surface area contributed by atoms with Gasteiger partial charge in [0.2, 0.25) is 5.91 Å². The van der Waals surface area contributed by atoms with E-state index < -0.39 is 11.5 Å². The molecule has 1 aliphatic rings. The number of carboxylic acid groups (broad SMARTS) is 1. The molecule has 32 heavy (non-hydrogen) atoms. The van der Waals surface area contributed by atoms with E-state index >= 15 is 0 Å². The molecule has 1 aliphatic heterocycles. The van der Waals surface area contributed by atoms with Crippen molar-refractivity contribution >= 4 is 46.4 Å². The largest absolute Gasteiger partial charge is 0.477 e. The number of hydrogen-bond acceptors (Lipinski definition) is 7. The van der Waals surface area contributed by atoms with Crippen LogP contribution in [0.25, 0.3) is 11.8 Å². The van der Waals surface area contributed by atoms with Crippen LogP contribution in [0.2, 0.25) is 0 Å². The monoisotopic (exact) mass is 455 g/mol. The smallest absolute Gasteiger partial charge is 0.349 e. The van der Waals surface area contributed by atoms with Crippen molar-refractivity contribution in [3.05, 3.63) is 43.8 Å². The lowest BCUT2D eigenvalue weighted by atomic mass is 10.2. The molecule has 1 amide bonds. The Kier molecular flexibility index (Phi) is 7.81. The molecule has 3 rings (SSSR count). The fourth-order valence-corrected chi connectivity index (χ4v) is 4.59. The number of benzene rings is 1. The summed E-state index contributed by atoms with van der Waals surface area (Å²) < 4.78 is 1.65. The number of nitriles is 1. The Hall–Kier alpha value is -3.42. The summed E-state index contributed by atoms with van der Waals surface area (Å²) in [4.78, 5) is 38.4. The van der Waals surface area contributed by atoms with Gasteiger partial charge in [-0.2, -0.15) is 5.26 Å². The number of nitrogens with one attached hydrogen (secondary N) is 2. The van der Waals surface area contributed by atoms with Gasteiger partial charge in [-0.3, -0.25) is 14.2 Å². The average Bonchev–Trinajstić information content (AvgIpc) is 3.39. The highest BCUT2D eigenvalue weighted by atomic mass is 32.1. The lowest BCUT2D eigenvalue weighted by Gasteiger charge is -2.14. The van der Waals surface area contributed by atoms with E-state index in [1.165, 1.54) is 23.6 Å². The molecule has 168 valence electrons. The third-order valence-electron chi connectivity index (χ3n) is 5.13. The Labute approximate surface area is 188 Å². The SMILES string of the molecule is CCn1c(=C(C#N)C(=O)O)sc(=CNc2cccc(NC(=O)CCN3CCCC3)c2)c1=O. The van der Waals surface area contributed by atoms with Crippen LogP contribution >= 0.6 is 11.3 Å². The number of amides is 1. The van der Waals surface area contributed by atoms with E-state index in [1.54, 1.807) is 37.3 Å². The van der Waals surface area contributed by atoms with E-state index in [0.717, 1.165) is 31.0 Å². The summed E-state index contributed by atoms with van der Waals surface area (Å²) >= 11 is 0.942. The Bertz CT molecular complexity index is 1220. The first-order chi connectivity index (χ1) is 15.4. The predicted molar refractivity (Wildman–Crippen MR) is 124 cm³/mol. The molecule has 2 aromatic rings. The van der Waals surface area contributed by atoms with E-state index in [-0.39, 0.29) is 27.2 Å². The minimum absolute atomic E-state index is 0.0556. The van der Waals surface area contributed by atoms with Crippen LogP contribution in [-0.2, 0) is 16.1 Å². The molecule has 0 spiro atoms. The number of rotatable bonds is 8. The Balaban J connectivity index is 1.75. The van der Waals surface area contributed by atoms with Gasteiger partial charge in [0.15, 0.2) is 5.57 Å². The van der Waals surface area contributed by atoms with Crippen LogP contribution < -0.4 is 25.4 Å². The molecule has 0 saturated carbocycles. The highest BCUT2D eigenvalue weighted by molar-refractivity contribution is 7.07. The zero-order valence-electron chi connectivity index (χ0n) is 17.8. The van der Waals surface area contributed by atoms with Crippen molar-refractivity contribution in [1.82, 2.24) is 9.47 Å². The first-order valence-corrected chi connectivity index (χ1v) is 11.2. The minimum atomic E-state index is -1.37. The van der Waals surface area contributed by atoms with Crippen molar-refractivity contribution < 1.29 is 14.7 Å². The summed E-state index contributed by atoms with van der Waals surface area (Å²) in [6.45, 7) is 4.80. The summed E-state index contributed by atoms with van der Waals surface area (Å²) in [5, 5.41) is 24.3. The van der Waals surface area contributed by atoms with Crippen LogP contribution in [0.3, 0.4) is 0 Å². The van der Waals surface area contributed by atoms with E-state index in [1.807, 2.05) is 0 Å². The fraction of sp³-hybridized carbons (Fsp3) is 0.364. The second-order valence-corrected chi connectivity index (χ2v) is 8.36. The van der Waals surface area contributed by atoms with Gasteiger partial charge in [0.05, 0.1) is 0 Å². The molecule has 1 aromatic heterocycles. The lowest BCUT2D eigenvalue weighted by Crippen LogP contribution is -2.32. The van der Waals surface area contributed by atoms with Crippen LogP contribution in [0.5, 0.6) is 0 Å². The quantitative estimate of drug-likeness (QED) is 0.541. The number of carboxylic acids is 1. The van der Waals surface area contributed by atoms with Crippen molar-refractivity contribution in [2.45, 2.75) is 32.7 Å². The zero-order valence-corrected chi connectivity index (χ0v) is 18.6. The summed E-state index contributed by atoms with van der Waals surface area (Å²) in [5.74, 6) is -1.43. The fourth-order valence-electron chi connectivity index (χ4n) is 3.50. The zero-order chi connectivity index (χ0) is 23.1. The van der Waals surface area contributed by atoms with Gasteiger partial charge in [0, 0.05) is 37.1 Å². The number of likely N-dealkylation sites (tertiary alicyclic amines) is 1. The van der Waals surface area contributed by atoms with E-state index in [2.05, 4.69) is 15.5 Å². The summed E-state index contributed by atoms with van der Waals surface area (Å²) in [5.41, 5.74) is 0.453. The van der Waals surface area contributed by atoms with Crippen molar-refractivity contribution in [2.75, 3.05) is 30.3 Å². The standard InChI is InChI=1S/C22H25N5O4S/c1-2-27-20(29)18(32-21(27)17(13-23)22(30)31)14-24-15-6-5-7-16(12-15)25-19(28)8-11-26-9-3-4-10-26/h5-7,12,14,24H,2-4,8-11H2,1H3,(H,25,28)(H,30,31). The summed E-state index contributed by atoms with van der Waals surface area (Å²) in [6, 6.07) is 8.75. The topological polar surface area (TPSA) is 127 Å². The molecule has 0 unspecified atom stereocenters. The highest BCUT2D eigenvalue weighted by Gasteiger charge is 2.14. The van der Waals surface area contributed by atoms with E-state index in [0.29, 0.717) is 17.8 Å². The molecular formula is C22H25N5O4S. The average molecular weight is 456 g/mol. The molecule has 9 nitrogen and oxygen atoms in total. The molecule has 3 N–H and O–H groups in total. The number of aliphatic carboxylic acids is 1. The maximum Gasteiger partial charge on any atom is 0.349 e. The number of aromatic nitrogens is 1. The molecule has 0 aliphatic carbocycles. The van der Waals surface area contributed by atoms with Gasteiger partial charge in [-0.05, 0) is 51.1 Å². The molecule has 2 heterocycles. The van der Waals surface area contributed by atoms with Crippen LogP contribution in [0.1, 0.15) is 26.2 Å². The van der Waals surface area contributed by atoms with Crippen molar-refractivity contribution in [3.63, 3.8) is 0 Å². The van der Waals surface area contributed by atoms with Crippen molar-refractivity contribution in [3.8, 4) is 6.07 Å². The number of thiazole rings is 1. The molecule has 1 fully saturated rings. The number of carbonyl (C=O) groups is 2. The summed E-state index contributed by atoms with van der Waals surface area (Å²) in [7, 11) is 0. The van der Waals surface area contributed by atoms with Gasteiger partial charge in [0.25, 0.3) is 5.56 Å². The molecule has 1 saturated heterocycles. The predicted octanol–water partition coefficient (Wildman–Crippen LogP) is 0.963. The van der Waals surface area contributed by atoms with Gasteiger partial charge in [0.1, 0.15) is 15.3 Å². The molecule has 0 atom stereocenters. The van der Waals surface area contributed by atoms with Gasteiger partial charge in [-0.1, -0.05) is 6.07 Å². The minimum Gasteiger partial charge on any atom is -0.477 e. The molecular weight excluding hydrogens is 430 g/mol. The van der Waals surface area contributed by atoms with Gasteiger partial charge in [-0.25, -0.2) is 4.79 Å². The van der Waals surface area contributed by atoms with E-state index in [9.17, 15) is 19.5 Å². The Morgan fingerprint density at radius 1 is 1.28 bits per heavy atom. The second kappa shape index (κ2) is 10.7. The number of anilines is 2. The molecule has 1 aromatic carbocycles. The van der Waals surface area contributed by atoms with Crippen LogP contribution in [0.4, 0.5) is 11.4 Å². The van der Waals surface area contributed by atoms with Crippen LogP contribution in [0, 0.1) is 11.3 Å². The Morgan fingerprint density at radius 3 is 2.66 bits per heavy atom. The van der Waals surface area contributed by atoms with Crippen LogP contribution in [0.15, 0.2) is 29.1 Å².